The first-order chi connectivity index (χ1) is 6.34. The fraction of sp³-hybridized carbons (Fsp3) is 0. The molecule has 1 nitrogen and oxygen atoms in total. The Morgan fingerprint density at radius 3 is 2.38 bits per heavy atom. The van der Waals surface area contributed by atoms with Crippen LogP contribution in [0.15, 0.2) is 57.1 Å². The quantitative estimate of drug-likeness (QED) is 0.741. The Labute approximate surface area is 85.7 Å². The second-order valence-corrected chi connectivity index (χ2v) is 4.10. The van der Waals surface area contributed by atoms with Crippen LogP contribution in [0.1, 0.15) is 0 Å². The standard InChI is InChI=1S/C10H7ClOS/c11-8-1-3-9(4-2-8)13-10-5-6-12-7-10/h1-7H. The minimum absolute atomic E-state index is 0.761. The fourth-order valence-electron chi connectivity index (χ4n) is 0.949. The molecule has 2 aromatic rings. The molecule has 66 valence electrons. The summed E-state index contributed by atoms with van der Waals surface area (Å²) in [5.41, 5.74) is 0. The SMILES string of the molecule is Clc1ccc(Sc2ccoc2)cc1. The van der Waals surface area contributed by atoms with Crippen molar-refractivity contribution in [1.82, 2.24) is 0 Å². The van der Waals surface area contributed by atoms with Crippen LogP contribution in [0.5, 0.6) is 0 Å². The smallest absolute Gasteiger partial charge is 0.104 e. The van der Waals surface area contributed by atoms with Gasteiger partial charge in [0.05, 0.1) is 11.2 Å². The second kappa shape index (κ2) is 3.90. The van der Waals surface area contributed by atoms with Crippen molar-refractivity contribution in [3.05, 3.63) is 47.9 Å². The first-order valence-electron chi connectivity index (χ1n) is 3.80. The summed E-state index contributed by atoms with van der Waals surface area (Å²) in [6.07, 6.45) is 3.39. The van der Waals surface area contributed by atoms with E-state index in [4.69, 9.17) is 16.0 Å². The van der Waals surface area contributed by atoms with Gasteiger partial charge < -0.3 is 4.42 Å². The van der Waals surface area contributed by atoms with Gasteiger partial charge in [-0.3, -0.25) is 0 Å². The van der Waals surface area contributed by atoms with Crippen LogP contribution in [0.2, 0.25) is 5.02 Å². The zero-order chi connectivity index (χ0) is 9.10. The Hall–Kier alpha value is -0.860. The van der Waals surface area contributed by atoms with E-state index in [0.29, 0.717) is 0 Å². The molecular formula is C10H7ClOS. The van der Waals surface area contributed by atoms with Crippen molar-refractivity contribution in [3.63, 3.8) is 0 Å². The summed E-state index contributed by atoms with van der Waals surface area (Å²) in [6, 6.07) is 9.66. The predicted octanol–water partition coefficient (Wildman–Crippen LogP) is 4.08. The highest BCUT2D eigenvalue weighted by Crippen LogP contribution is 2.28. The number of rotatable bonds is 2. The molecule has 0 unspecified atom stereocenters. The number of halogens is 1. The maximum atomic E-state index is 5.77. The molecule has 1 aromatic carbocycles. The van der Waals surface area contributed by atoms with Gasteiger partial charge in [0.25, 0.3) is 0 Å². The van der Waals surface area contributed by atoms with E-state index in [1.165, 1.54) is 0 Å². The molecule has 13 heavy (non-hydrogen) atoms. The van der Waals surface area contributed by atoms with Crippen LogP contribution in [0, 0.1) is 0 Å². The van der Waals surface area contributed by atoms with Gasteiger partial charge in [-0.25, -0.2) is 0 Å². The van der Waals surface area contributed by atoms with E-state index in [0.717, 1.165) is 14.8 Å². The van der Waals surface area contributed by atoms with Crippen LogP contribution < -0.4 is 0 Å². The zero-order valence-electron chi connectivity index (χ0n) is 6.74. The summed E-state index contributed by atoms with van der Waals surface area (Å²) < 4.78 is 4.96. The van der Waals surface area contributed by atoms with Crippen LogP contribution in [0.4, 0.5) is 0 Å². The van der Waals surface area contributed by atoms with E-state index in [-0.39, 0.29) is 0 Å². The molecule has 0 spiro atoms. The zero-order valence-corrected chi connectivity index (χ0v) is 8.31. The molecule has 1 heterocycles. The van der Waals surface area contributed by atoms with Crippen LogP contribution in [0.3, 0.4) is 0 Å². The first kappa shape index (κ1) is 8.73. The van der Waals surface area contributed by atoms with Gasteiger partial charge >= 0.3 is 0 Å². The topological polar surface area (TPSA) is 13.1 Å². The third-order valence-corrected chi connectivity index (χ3v) is 2.77. The van der Waals surface area contributed by atoms with E-state index in [1.54, 1.807) is 24.3 Å². The summed E-state index contributed by atoms with van der Waals surface area (Å²) in [6.45, 7) is 0. The number of benzene rings is 1. The monoisotopic (exact) mass is 210 g/mol. The largest absolute Gasteiger partial charge is 0.471 e. The van der Waals surface area contributed by atoms with Gasteiger partial charge in [-0.05, 0) is 30.3 Å². The molecular weight excluding hydrogens is 204 g/mol. The van der Waals surface area contributed by atoms with Crippen molar-refractivity contribution in [2.45, 2.75) is 9.79 Å². The van der Waals surface area contributed by atoms with E-state index < -0.39 is 0 Å². The van der Waals surface area contributed by atoms with Gasteiger partial charge in [0.2, 0.25) is 0 Å². The number of furan rings is 1. The highest BCUT2D eigenvalue weighted by Gasteiger charge is 1.97. The second-order valence-electron chi connectivity index (χ2n) is 2.52. The lowest BCUT2D eigenvalue weighted by Gasteiger charge is -1.96. The summed E-state index contributed by atoms with van der Waals surface area (Å²) >= 11 is 7.42. The normalized spacial score (nSPS) is 10.2. The third-order valence-electron chi connectivity index (χ3n) is 1.54. The Balaban J connectivity index is 2.15. The lowest BCUT2D eigenvalue weighted by molar-refractivity contribution is 0.562. The molecule has 0 fully saturated rings. The van der Waals surface area contributed by atoms with Crippen molar-refractivity contribution in [2.75, 3.05) is 0 Å². The summed E-state index contributed by atoms with van der Waals surface area (Å²) in [5, 5.41) is 0.761. The molecule has 0 amide bonds. The van der Waals surface area contributed by atoms with Crippen molar-refractivity contribution in [3.8, 4) is 0 Å². The average Bonchev–Trinajstić information content (AvgIpc) is 2.62. The molecule has 0 aliphatic heterocycles. The Kier molecular flexibility index (Phi) is 2.62. The Morgan fingerprint density at radius 1 is 1.00 bits per heavy atom. The maximum absolute atomic E-state index is 5.77. The van der Waals surface area contributed by atoms with Gasteiger partial charge in [-0.2, -0.15) is 0 Å². The first-order valence-corrected chi connectivity index (χ1v) is 5.00. The summed E-state index contributed by atoms with van der Waals surface area (Å²) in [5.74, 6) is 0. The molecule has 0 saturated heterocycles. The van der Waals surface area contributed by atoms with E-state index in [9.17, 15) is 0 Å². The molecule has 2 rings (SSSR count). The van der Waals surface area contributed by atoms with Crippen LogP contribution in [-0.2, 0) is 0 Å². The van der Waals surface area contributed by atoms with Crippen molar-refractivity contribution < 1.29 is 4.42 Å². The Bertz CT molecular complexity index is 366. The molecule has 1 aromatic heterocycles. The minimum Gasteiger partial charge on any atom is -0.471 e. The predicted molar refractivity (Wildman–Crippen MR) is 54.3 cm³/mol. The molecule has 0 radical (unpaired) electrons. The molecule has 3 heteroatoms. The molecule has 0 aliphatic rings. The highest BCUT2D eigenvalue weighted by atomic mass is 35.5. The third kappa shape index (κ3) is 2.29. The van der Waals surface area contributed by atoms with Gasteiger partial charge in [0, 0.05) is 9.92 Å². The summed E-state index contributed by atoms with van der Waals surface area (Å²) in [7, 11) is 0. The molecule has 0 bridgehead atoms. The minimum atomic E-state index is 0.761. The molecule has 0 saturated carbocycles. The number of hydrogen-bond acceptors (Lipinski definition) is 2. The van der Waals surface area contributed by atoms with Gasteiger partial charge in [-0.1, -0.05) is 23.4 Å². The molecule has 0 aliphatic carbocycles. The van der Waals surface area contributed by atoms with Crippen LogP contribution in [-0.4, -0.2) is 0 Å². The van der Waals surface area contributed by atoms with Crippen molar-refractivity contribution in [2.24, 2.45) is 0 Å². The van der Waals surface area contributed by atoms with Crippen molar-refractivity contribution >= 4 is 23.4 Å². The fourth-order valence-corrected chi connectivity index (χ4v) is 1.85. The lowest BCUT2D eigenvalue weighted by Crippen LogP contribution is -1.69. The lowest BCUT2D eigenvalue weighted by atomic mass is 10.4. The van der Waals surface area contributed by atoms with E-state index >= 15 is 0 Å². The van der Waals surface area contributed by atoms with Gasteiger partial charge in [-0.15, -0.1) is 0 Å². The Morgan fingerprint density at radius 2 is 1.77 bits per heavy atom. The average molecular weight is 211 g/mol. The maximum Gasteiger partial charge on any atom is 0.104 e. The van der Waals surface area contributed by atoms with E-state index in [1.807, 2.05) is 30.3 Å². The summed E-state index contributed by atoms with van der Waals surface area (Å²) in [4.78, 5) is 2.26. The van der Waals surface area contributed by atoms with Gasteiger partial charge in [0.15, 0.2) is 0 Å². The van der Waals surface area contributed by atoms with Crippen LogP contribution in [0.25, 0.3) is 0 Å². The van der Waals surface area contributed by atoms with Crippen LogP contribution >= 0.6 is 23.4 Å². The molecule has 0 N–H and O–H groups in total. The van der Waals surface area contributed by atoms with Gasteiger partial charge in [0.1, 0.15) is 6.26 Å². The number of hydrogen-bond donors (Lipinski definition) is 0. The van der Waals surface area contributed by atoms with E-state index in [2.05, 4.69) is 0 Å². The highest BCUT2D eigenvalue weighted by molar-refractivity contribution is 7.99. The van der Waals surface area contributed by atoms with Crippen molar-refractivity contribution in [1.29, 1.82) is 0 Å². The molecule has 0 atom stereocenters.